The van der Waals surface area contributed by atoms with Crippen molar-refractivity contribution in [2.45, 2.75) is 78.4 Å². The van der Waals surface area contributed by atoms with Crippen molar-refractivity contribution in [3.8, 4) is 0 Å². The number of carbonyl (C=O) groups is 5. The number of alkyl halides is 2. The van der Waals surface area contributed by atoms with E-state index in [0.29, 0.717) is 12.8 Å². The first-order valence-electron chi connectivity index (χ1n) is 12.0. The van der Waals surface area contributed by atoms with E-state index >= 15 is 0 Å². The number of nitrogens with two attached hydrogens (primary N) is 1. The van der Waals surface area contributed by atoms with Gasteiger partial charge in [-0.1, -0.05) is 47.1 Å². The SMILES string of the molecule is C=CCNC(=O)C(=O)[C@H](CC(F)F)NC(=O)[C@@H]1[C@@H](CCC)[C@@H](C)CN1C(=O)[C@@H](NC(N)=O)C(C)(C)C. The second-order valence-corrected chi connectivity index (χ2v) is 10.2. The van der Waals surface area contributed by atoms with Crippen LogP contribution in [-0.2, 0) is 19.2 Å². The molecule has 5 atom stereocenters. The number of urea groups is 1. The number of amides is 5. The molecule has 0 unspecified atom stereocenters. The molecule has 1 aliphatic rings. The third-order valence-corrected chi connectivity index (χ3v) is 6.21. The molecule has 5 N–H and O–H groups in total. The molecule has 204 valence electrons. The van der Waals surface area contributed by atoms with Gasteiger partial charge in [0.15, 0.2) is 0 Å². The van der Waals surface area contributed by atoms with Crippen LogP contribution in [0.4, 0.5) is 13.6 Å². The molecule has 1 aliphatic heterocycles. The molecule has 0 bridgehead atoms. The number of likely N-dealkylation sites (tertiary alicyclic amines) is 1. The Balaban J connectivity index is 3.34. The molecule has 12 heteroatoms. The third-order valence-electron chi connectivity index (χ3n) is 6.21. The van der Waals surface area contributed by atoms with E-state index in [2.05, 4.69) is 22.5 Å². The van der Waals surface area contributed by atoms with Gasteiger partial charge in [-0.3, -0.25) is 19.2 Å². The van der Waals surface area contributed by atoms with Crippen molar-refractivity contribution in [2.75, 3.05) is 13.1 Å². The fourth-order valence-electron chi connectivity index (χ4n) is 4.47. The number of rotatable bonds is 12. The average Bonchev–Trinajstić information content (AvgIpc) is 3.09. The maximum Gasteiger partial charge on any atom is 0.312 e. The van der Waals surface area contributed by atoms with Crippen LogP contribution >= 0.6 is 0 Å². The van der Waals surface area contributed by atoms with Crippen LogP contribution in [0.25, 0.3) is 0 Å². The maximum atomic E-state index is 13.6. The van der Waals surface area contributed by atoms with Gasteiger partial charge >= 0.3 is 6.03 Å². The van der Waals surface area contributed by atoms with Gasteiger partial charge < -0.3 is 26.6 Å². The van der Waals surface area contributed by atoms with Gasteiger partial charge in [0.2, 0.25) is 24.0 Å². The summed E-state index contributed by atoms with van der Waals surface area (Å²) in [6, 6.07) is -4.83. The van der Waals surface area contributed by atoms with Crippen molar-refractivity contribution in [1.82, 2.24) is 20.9 Å². The van der Waals surface area contributed by atoms with Crippen LogP contribution in [0.5, 0.6) is 0 Å². The minimum atomic E-state index is -2.97. The highest BCUT2D eigenvalue weighted by Crippen LogP contribution is 2.35. The summed E-state index contributed by atoms with van der Waals surface area (Å²) in [4.78, 5) is 64.6. The van der Waals surface area contributed by atoms with E-state index in [-0.39, 0.29) is 24.9 Å². The topological polar surface area (TPSA) is 151 Å². The van der Waals surface area contributed by atoms with E-state index in [4.69, 9.17) is 5.73 Å². The molecule has 0 aromatic heterocycles. The molecule has 1 saturated heterocycles. The summed E-state index contributed by atoms with van der Waals surface area (Å²) in [6.45, 7) is 12.5. The second-order valence-electron chi connectivity index (χ2n) is 10.2. The highest BCUT2D eigenvalue weighted by molar-refractivity contribution is 6.38. The van der Waals surface area contributed by atoms with Crippen LogP contribution in [0.15, 0.2) is 12.7 Å². The van der Waals surface area contributed by atoms with E-state index < -0.39 is 65.9 Å². The van der Waals surface area contributed by atoms with Crippen molar-refractivity contribution < 1.29 is 32.8 Å². The normalized spacial score (nSPS) is 21.4. The summed E-state index contributed by atoms with van der Waals surface area (Å²) in [7, 11) is 0. The number of halogens is 2. The maximum absolute atomic E-state index is 13.6. The molecule has 1 rings (SSSR count). The lowest BCUT2D eigenvalue weighted by atomic mass is 9.85. The van der Waals surface area contributed by atoms with Gasteiger partial charge in [-0.25, -0.2) is 13.6 Å². The summed E-state index contributed by atoms with van der Waals surface area (Å²) in [5.41, 5.74) is 4.53. The van der Waals surface area contributed by atoms with Gasteiger partial charge in [0.1, 0.15) is 18.1 Å². The van der Waals surface area contributed by atoms with Crippen LogP contribution in [0, 0.1) is 17.3 Å². The zero-order valence-corrected chi connectivity index (χ0v) is 21.6. The largest absolute Gasteiger partial charge is 0.352 e. The lowest BCUT2D eigenvalue weighted by Crippen LogP contribution is -2.60. The summed E-state index contributed by atoms with van der Waals surface area (Å²) in [6.07, 6.45) is -1.47. The zero-order valence-electron chi connectivity index (χ0n) is 21.6. The summed E-state index contributed by atoms with van der Waals surface area (Å²) < 4.78 is 26.5. The number of ketones is 1. The Morgan fingerprint density at radius 1 is 1.17 bits per heavy atom. The molecule has 0 aromatic carbocycles. The molecular formula is C24H39F2N5O5. The van der Waals surface area contributed by atoms with E-state index in [0.717, 1.165) is 0 Å². The number of primary amides is 1. The predicted molar refractivity (Wildman–Crippen MR) is 130 cm³/mol. The minimum Gasteiger partial charge on any atom is -0.352 e. The van der Waals surface area contributed by atoms with Gasteiger partial charge in [0.25, 0.3) is 5.91 Å². The standard InChI is InChI=1S/C24H39F2N5O5/c1-7-9-14-13(3)12-31(22(35)19(24(4,5)6)30-23(27)36)17(14)20(33)29-15(11-16(25)26)18(32)21(34)28-10-8-2/h8,13-17,19H,2,7,9-12H2,1,3-6H3,(H,28,34)(H,29,33)(H3,27,30,36)/t13-,14-,15-,17-,19+/m0/s1. The van der Waals surface area contributed by atoms with E-state index in [1.165, 1.54) is 11.0 Å². The number of nitrogens with one attached hydrogen (secondary N) is 3. The fraction of sp³-hybridized carbons (Fsp3) is 0.708. The van der Waals surface area contributed by atoms with Crippen LogP contribution in [0.1, 0.15) is 53.9 Å². The predicted octanol–water partition coefficient (Wildman–Crippen LogP) is 1.34. The van der Waals surface area contributed by atoms with Crippen molar-refractivity contribution in [1.29, 1.82) is 0 Å². The van der Waals surface area contributed by atoms with Crippen LogP contribution in [-0.4, -0.2) is 72.1 Å². The smallest absolute Gasteiger partial charge is 0.312 e. The Kier molecular flexibility index (Phi) is 11.5. The van der Waals surface area contributed by atoms with Gasteiger partial charge in [-0.05, 0) is 23.7 Å². The second kappa shape index (κ2) is 13.3. The molecule has 0 aromatic rings. The molecule has 10 nitrogen and oxygen atoms in total. The summed E-state index contributed by atoms with van der Waals surface area (Å²) in [5.74, 6) is -4.16. The molecule has 1 fully saturated rings. The molecule has 1 heterocycles. The first kappa shape index (κ1) is 31.0. The highest BCUT2D eigenvalue weighted by Gasteiger charge is 2.49. The van der Waals surface area contributed by atoms with E-state index in [9.17, 15) is 32.8 Å². The quantitative estimate of drug-likeness (QED) is 0.228. The Hall–Kier alpha value is -3.05. The Bertz CT molecular complexity index is 845. The molecule has 0 saturated carbocycles. The Morgan fingerprint density at radius 3 is 2.25 bits per heavy atom. The highest BCUT2D eigenvalue weighted by atomic mass is 19.3. The fourth-order valence-corrected chi connectivity index (χ4v) is 4.47. The lowest BCUT2D eigenvalue weighted by molar-refractivity contribution is -0.145. The lowest BCUT2D eigenvalue weighted by Gasteiger charge is -2.36. The Morgan fingerprint density at radius 2 is 1.78 bits per heavy atom. The van der Waals surface area contributed by atoms with E-state index in [1.807, 2.05) is 13.8 Å². The van der Waals surface area contributed by atoms with Crippen molar-refractivity contribution in [2.24, 2.45) is 23.0 Å². The van der Waals surface area contributed by atoms with Crippen LogP contribution in [0.3, 0.4) is 0 Å². The number of hydrogen-bond donors (Lipinski definition) is 4. The first-order chi connectivity index (χ1) is 16.6. The van der Waals surface area contributed by atoms with Crippen molar-refractivity contribution in [3.63, 3.8) is 0 Å². The number of carbonyl (C=O) groups excluding carboxylic acids is 5. The summed E-state index contributed by atoms with van der Waals surface area (Å²) in [5, 5.41) is 6.96. The van der Waals surface area contributed by atoms with E-state index in [1.54, 1.807) is 20.8 Å². The number of Topliss-reactive ketones (excluding diaryl/α,β-unsaturated/α-hetero) is 1. The van der Waals surface area contributed by atoms with Crippen LogP contribution < -0.4 is 21.7 Å². The number of hydrogen-bond acceptors (Lipinski definition) is 5. The van der Waals surface area contributed by atoms with Gasteiger partial charge in [0, 0.05) is 19.5 Å². The average molecular weight is 516 g/mol. The third kappa shape index (κ3) is 8.27. The van der Waals surface area contributed by atoms with Gasteiger partial charge in [0.05, 0.1) is 0 Å². The van der Waals surface area contributed by atoms with Gasteiger partial charge in [-0.2, -0.15) is 0 Å². The number of nitrogens with zero attached hydrogens (tertiary/aromatic N) is 1. The van der Waals surface area contributed by atoms with Gasteiger partial charge in [-0.15, -0.1) is 6.58 Å². The molecule has 0 aliphatic carbocycles. The molecule has 36 heavy (non-hydrogen) atoms. The summed E-state index contributed by atoms with van der Waals surface area (Å²) >= 11 is 0. The minimum absolute atomic E-state index is 0.0536. The van der Waals surface area contributed by atoms with Crippen LogP contribution in [0.2, 0.25) is 0 Å². The molecule has 5 amide bonds. The molecular weight excluding hydrogens is 476 g/mol. The van der Waals surface area contributed by atoms with Crippen molar-refractivity contribution >= 4 is 29.5 Å². The monoisotopic (exact) mass is 515 g/mol. The molecule has 0 spiro atoms. The molecule has 0 radical (unpaired) electrons. The first-order valence-corrected chi connectivity index (χ1v) is 12.0. The zero-order chi connectivity index (χ0) is 27.8. The Labute approximate surface area is 210 Å². The van der Waals surface area contributed by atoms with Crippen molar-refractivity contribution in [3.05, 3.63) is 12.7 Å².